The molecule has 0 heterocycles. The maximum atomic E-state index is 10.8. The summed E-state index contributed by atoms with van der Waals surface area (Å²) in [5.41, 5.74) is 5.11. The van der Waals surface area contributed by atoms with Crippen LogP contribution in [-0.4, -0.2) is 16.1 Å². The van der Waals surface area contributed by atoms with Crippen LogP contribution < -0.4 is 15.9 Å². The maximum absolute atomic E-state index is 10.8. The van der Waals surface area contributed by atoms with Crippen LogP contribution >= 0.6 is 0 Å². The summed E-state index contributed by atoms with van der Waals surface area (Å²) in [5.74, 6) is 0. The SMILES string of the molecule is CC(C=Cc1ccccc1)=CC(C)=NNc1ccc(N([O-])[O-])cc1N(O)O. The van der Waals surface area contributed by atoms with Crippen molar-refractivity contribution in [1.82, 2.24) is 0 Å². The van der Waals surface area contributed by atoms with Gasteiger partial charge in [-0.2, -0.15) is 5.10 Å². The molecule has 2 rings (SSSR count). The number of nitrogens with one attached hydrogen (secondary N) is 1. The van der Waals surface area contributed by atoms with E-state index in [0.29, 0.717) is 5.71 Å². The number of hydrazone groups is 1. The molecule has 0 aliphatic carbocycles. The first kappa shape index (κ1) is 20.1. The highest BCUT2D eigenvalue weighted by Crippen LogP contribution is 2.29. The molecule has 142 valence electrons. The summed E-state index contributed by atoms with van der Waals surface area (Å²) in [7, 11) is 0. The number of allylic oxidation sites excluding steroid dienone is 3. The van der Waals surface area contributed by atoms with E-state index in [-0.39, 0.29) is 22.3 Å². The fourth-order valence-corrected chi connectivity index (χ4v) is 2.24. The third-order valence-electron chi connectivity index (χ3n) is 3.54. The Morgan fingerprint density at radius 3 is 2.41 bits per heavy atom. The van der Waals surface area contributed by atoms with Gasteiger partial charge >= 0.3 is 0 Å². The van der Waals surface area contributed by atoms with Crippen LogP contribution in [0.2, 0.25) is 0 Å². The smallest absolute Gasteiger partial charge is 0.121 e. The van der Waals surface area contributed by atoms with Gasteiger partial charge in [0.25, 0.3) is 0 Å². The van der Waals surface area contributed by atoms with Crippen molar-refractivity contribution in [2.24, 2.45) is 5.10 Å². The molecule has 0 atom stereocenters. The van der Waals surface area contributed by atoms with Gasteiger partial charge in [-0.3, -0.25) is 15.8 Å². The van der Waals surface area contributed by atoms with Crippen molar-refractivity contribution in [3.05, 3.63) is 82.2 Å². The van der Waals surface area contributed by atoms with E-state index in [0.717, 1.165) is 17.2 Å². The third-order valence-corrected chi connectivity index (χ3v) is 3.54. The van der Waals surface area contributed by atoms with E-state index < -0.39 is 5.23 Å². The quantitative estimate of drug-likeness (QED) is 0.373. The Balaban J connectivity index is 2.11. The summed E-state index contributed by atoms with van der Waals surface area (Å²) in [6.07, 6.45) is 5.78. The predicted molar refractivity (Wildman–Crippen MR) is 108 cm³/mol. The van der Waals surface area contributed by atoms with Gasteiger partial charge in [0.1, 0.15) is 5.69 Å². The van der Waals surface area contributed by atoms with Crippen LogP contribution in [0.1, 0.15) is 19.4 Å². The van der Waals surface area contributed by atoms with E-state index in [1.165, 1.54) is 12.1 Å². The molecule has 0 aliphatic rings. The van der Waals surface area contributed by atoms with Gasteiger partial charge in [-0.05, 0) is 49.3 Å². The second-order valence-electron chi connectivity index (χ2n) is 5.75. The molecular formula is C19H20N4O4-2. The summed E-state index contributed by atoms with van der Waals surface area (Å²) in [6, 6.07) is 13.5. The summed E-state index contributed by atoms with van der Waals surface area (Å²) >= 11 is 0. The number of benzene rings is 2. The molecule has 27 heavy (non-hydrogen) atoms. The van der Waals surface area contributed by atoms with Crippen molar-refractivity contribution in [3.63, 3.8) is 0 Å². The molecule has 0 fully saturated rings. The van der Waals surface area contributed by atoms with Crippen LogP contribution in [-0.2, 0) is 0 Å². The lowest BCUT2D eigenvalue weighted by Gasteiger charge is -2.37. The van der Waals surface area contributed by atoms with Crippen LogP contribution in [0.25, 0.3) is 6.08 Å². The first-order valence-electron chi connectivity index (χ1n) is 8.05. The monoisotopic (exact) mass is 368 g/mol. The van der Waals surface area contributed by atoms with E-state index in [1.807, 2.05) is 55.5 Å². The number of anilines is 3. The molecule has 0 saturated carbocycles. The highest BCUT2D eigenvalue weighted by Gasteiger charge is 2.08. The average Bonchev–Trinajstić information content (AvgIpc) is 2.65. The molecule has 2 aromatic rings. The molecule has 0 amide bonds. The molecule has 0 radical (unpaired) electrons. The fraction of sp³-hybridized carbons (Fsp3) is 0.105. The van der Waals surface area contributed by atoms with E-state index in [1.54, 1.807) is 6.92 Å². The number of hydrogen-bond donors (Lipinski definition) is 3. The predicted octanol–water partition coefficient (Wildman–Crippen LogP) is 4.52. The van der Waals surface area contributed by atoms with Crippen LogP contribution in [0.15, 0.2) is 71.4 Å². The Kier molecular flexibility index (Phi) is 7.09. The molecule has 0 bridgehead atoms. The Bertz CT molecular complexity index is 846. The summed E-state index contributed by atoms with van der Waals surface area (Å²) < 4.78 is 0. The maximum Gasteiger partial charge on any atom is 0.121 e. The van der Waals surface area contributed by atoms with Gasteiger partial charge in [-0.1, -0.05) is 42.5 Å². The summed E-state index contributed by atoms with van der Waals surface area (Å²) in [6.45, 7) is 3.70. The number of nitrogens with zero attached hydrogens (tertiary/aromatic N) is 3. The standard InChI is InChI=1S/C19H20N4O4/c1-14(8-9-16-6-4-3-5-7-16)12-15(2)20-21-18-11-10-17(22(24)25)13-19(18)23(26)27/h3-13,21,26-27H,1-2H3/q-2. The van der Waals surface area contributed by atoms with Crippen molar-refractivity contribution in [2.75, 3.05) is 15.9 Å². The zero-order valence-corrected chi connectivity index (χ0v) is 14.9. The van der Waals surface area contributed by atoms with Gasteiger partial charge in [-0.25, -0.2) is 0 Å². The molecular weight excluding hydrogens is 348 g/mol. The molecule has 3 N–H and O–H groups in total. The number of hydrogen-bond acceptors (Lipinski definition) is 8. The highest BCUT2D eigenvalue weighted by atomic mass is 16.8. The fourth-order valence-electron chi connectivity index (χ4n) is 2.24. The van der Waals surface area contributed by atoms with Crippen LogP contribution in [0.3, 0.4) is 0 Å². The van der Waals surface area contributed by atoms with Crippen LogP contribution in [0.5, 0.6) is 0 Å². The molecule has 2 aromatic carbocycles. The Morgan fingerprint density at radius 1 is 1.07 bits per heavy atom. The Hall–Kier alpha value is -3.17. The van der Waals surface area contributed by atoms with Gasteiger partial charge in [-0.15, -0.1) is 5.23 Å². The van der Waals surface area contributed by atoms with Crippen molar-refractivity contribution in [1.29, 1.82) is 0 Å². The minimum atomic E-state index is -0.629. The van der Waals surface area contributed by atoms with E-state index in [4.69, 9.17) is 0 Å². The Morgan fingerprint density at radius 2 is 1.78 bits per heavy atom. The van der Waals surface area contributed by atoms with E-state index in [2.05, 4.69) is 10.5 Å². The van der Waals surface area contributed by atoms with Crippen molar-refractivity contribution in [3.8, 4) is 0 Å². The first-order chi connectivity index (χ1) is 12.9. The van der Waals surface area contributed by atoms with E-state index in [9.17, 15) is 20.8 Å². The summed E-state index contributed by atoms with van der Waals surface area (Å²) in [5, 5.41) is 43.4. The van der Waals surface area contributed by atoms with Crippen LogP contribution in [0.4, 0.5) is 17.1 Å². The van der Waals surface area contributed by atoms with Gasteiger partial charge < -0.3 is 15.6 Å². The average molecular weight is 368 g/mol. The molecule has 0 unspecified atom stereocenters. The highest BCUT2D eigenvalue weighted by molar-refractivity contribution is 5.94. The zero-order valence-electron chi connectivity index (χ0n) is 14.9. The molecule has 8 nitrogen and oxygen atoms in total. The molecule has 0 saturated heterocycles. The Labute approximate surface area is 157 Å². The summed E-state index contributed by atoms with van der Waals surface area (Å²) in [4.78, 5) is 0. The third kappa shape index (κ3) is 6.24. The largest absolute Gasteiger partial charge is 0.769 e. The minimum absolute atomic E-state index is 0.189. The van der Waals surface area contributed by atoms with Gasteiger partial charge in [0, 0.05) is 5.69 Å². The van der Waals surface area contributed by atoms with Crippen molar-refractivity contribution in [2.45, 2.75) is 13.8 Å². The second kappa shape index (κ2) is 9.51. The molecule has 0 aliphatic heterocycles. The topological polar surface area (TPSA) is 117 Å². The second-order valence-corrected chi connectivity index (χ2v) is 5.75. The molecule has 0 aromatic heterocycles. The van der Waals surface area contributed by atoms with Gasteiger partial charge in [0.15, 0.2) is 0 Å². The first-order valence-corrected chi connectivity index (χ1v) is 8.05. The minimum Gasteiger partial charge on any atom is -0.769 e. The lowest BCUT2D eigenvalue weighted by molar-refractivity contribution is 0.0295. The molecule has 8 heteroatoms. The van der Waals surface area contributed by atoms with Crippen LogP contribution in [0, 0.1) is 10.4 Å². The lowest BCUT2D eigenvalue weighted by Crippen LogP contribution is -2.14. The van der Waals surface area contributed by atoms with Crippen molar-refractivity contribution < 1.29 is 10.4 Å². The number of rotatable bonds is 7. The molecule has 0 spiro atoms. The lowest BCUT2D eigenvalue weighted by atomic mass is 10.1. The van der Waals surface area contributed by atoms with E-state index >= 15 is 0 Å². The van der Waals surface area contributed by atoms with Gasteiger partial charge in [0.05, 0.1) is 11.4 Å². The van der Waals surface area contributed by atoms with Crippen molar-refractivity contribution >= 4 is 28.8 Å². The van der Waals surface area contributed by atoms with Gasteiger partial charge in [0.2, 0.25) is 0 Å². The zero-order chi connectivity index (χ0) is 19.8. The normalized spacial score (nSPS) is 12.4.